The van der Waals surface area contributed by atoms with Crippen molar-refractivity contribution in [2.45, 2.75) is 46.0 Å². The van der Waals surface area contributed by atoms with Gasteiger partial charge in [0.1, 0.15) is 0 Å². The van der Waals surface area contributed by atoms with Gasteiger partial charge >= 0.3 is 0 Å². The maximum absolute atomic E-state index is 11.9. The summed E-state index contributed by atoms with van der Waals surface area (Å²) < 4.78 is 26.4. The molecule has 0 aromatic heterocycles. The van der Waals surface area contributed by atoms with Crippen molar-refractivity contribution in [2.75, 3.05) is 10.5 Å². The summed E-state index contributed by atoms with van der Waals surface area (Å²) in [5.41, 5.74) is 1.64. The van der Waals surface area contributed by atoms with Crippen LogP contribution in [0.25, 0.3) is 0 Å². The standard InChI is InChI=1S/C14H23NO2S.H2/c1-3-4-5-6-9-12-18(16,17)15-14-11-8-7-10-13(14)2;/h7-8,10-11,15H,3-6,9,12H2,1-2H3;1H. The molecule has 0 bridgehead atoms. The van der Waals surface area contributed by atoms with Crippen LogP contribution in [0.3, 0.4) is 0 Å². The molecule has 0 aliphatic carbocycles. The van der Waals surface area contributed by atoms with Crippen LogP contribution < -0.4 is 4.72 Å². The van der Waals surface area contributed by atoms with E-state index in [2.05, 4.69) is 11.6 Å². The monoisotopic (exact) mass is 271 g/mol. The van der Waals surface area contributed by atoms with Crippen LogP contribution in [0.15, 0.2) is 24.3 Å². The molecule has 18 heavy (non-hydrogen) atoms. The first kappa shape index (κ1) is 15.0. The van der Waals surface area contributed by atoms with Gasteiger partial charge in [-0.05, 0) is 25.0 Å². The molecule has 0 atom stereocenters. The molecule has 0 aliphatic heterocycles. The Morgan fingerprint density at radius 1 is 1.11 bits per heavy atom. The van der Waals surface area contributed by atoms with Gasteiger partial charge in [-0.3, -0.25) is 4.72 Å². The van der Waals surface area contributed by atoms with E-state index in [9.17, 15) is 8.42 Å². The van der Waals surface area contributed by atoms with E-state index >= 15 is 0 Å². The van der Waals surface area contributed by atoms with Crippen LogP contribution in [0.4, 0.5) is 5.69 Å². The van der Waals surface area contributed by atoms with Gasteiger partial charge in [0, 0.05) is 1.43 Å². The first-order valence-electron chi connectivity index (χ1n) is 6.61. The molecular weight excluding hydrogens is 246 g/mol. The van der Waals surface area contributed by atoms with E-state index < -0.39 is 10.0 Å². The number of para-hydroxylation sites is 1. The third-order valence-electron chi connectivity index (χ3n) is 2.93. The molecule has 0 unspecified atom stereocenters. The third kappa shape index (κ3) is 5.54. The lowest BCUT2D eigenvalue weighted by Crippen LogP contribution is -2.17. The lowest BCUT2D eigenvalue weighted by Gasteiger charge is -2.10. The predicted molar refractivity (Wildman–Crippen MR) is 79.5 cm³/mol. The van der Waals surface area contributed by atoms with Crippen molar-refractivity contribution < 1.29 is 9.84 Å². The first-order valence-corrected chi connectivity index (χ1v) is 8.26. The third-order valence-corrected chi connectivity index (χ3v) is 4.28. The van der Waals surface area contributed by atoms with Crippen molar-refractivity contribution in [3.8, 4) is 0 Å². The second-order valence-electron chi connectivity index (χ2n) is 4.65. The fourth-order valence-electron chi connectivity index (χ4n) is 1.80. The number of unbranched alkanes of at least 4 members (excludes halogenated alkanes) is 4. The summed E-state index contributed by atoms with van der Waals surface area (Å²) in [6.45, 7) is 4.05. The molecule has 104 valence electrons. The molecule has 0 radical (unpaired) electrons. The number of anilines is 1. The second-order valence-corrected chi connectivity index (χ2v) is 6.49. The van der Waals surface area contributed by atoms with Gasteiger partial charge in [0.15, 0.2) is 0 Å². The highest BCUT2D eigenvalue weighted by atomic mass is 32.2. The maximum atomic E-state index is 11.9. The maximum Gasteiger partial charge on any atom is 0.232 e. The Labute approximate surface area is 112 Å². The topological polar surface area (TPSA) is 46.2 Å². The number of aryl methyl sites for hydroxylation is 1. The van der Waals surface area contributed by atoms with Gasteiger partial charge < -0.3 is 0 Å². The smallest absolute Gasteiger partial charge is 0.232 e. The van der Waals surface area contributed by atoms with E-state index in [1.807, 2.05) is 25.1 Å². The average molecular weight is 271 g/mol. The van der Waals surface area contributed by atoms with E-state index in [1.165, 1.54) is 12.8 Å². The van der Waals surface area contributed by atoms with Gasteiger partial charge in [0.05, 0.1) is 11.4 Å². The number of hydrogen-bond acceptors (Lipinski definition) is 2. The average Bonchev–Trinajstić information content (AvgIpc) is 2.31. The SMILES string of the molecule is CCCCCCCS(=O)(=O)Nc1ccccc1C.[HH]. The minimum Gasteiger partial charge on any atom is -0.283 e. The van der Waals surface area contributed by atoms with E-state index in [-0.39, 0.29) is 7.18 Å². The van der Waals surface area contributed by atoms with Crippen molar-refractivity contribution in [1.29, 1.82) is 0 Å². The molecule has 0 heterocycles. The Hall–Kier alpha value is -1.03. The van der Waals surface area contributed by atoms with Gasteiger partial charge in [-0.2, -0.15) is 0 Å². The summed E-state index contributed by atoms with van der Waals surface area (Å²) in [5, 5.41) is 0. The second kappa shape index (κ2) is 7.41. The molecular formula is C14H25NO2S. The first-order chi connectivity index (χ1) is 8.55. The zero-order valence-corrected chi connectivity index (χ0v) is 12.1. The molecule has 4 heteroatoms. The Bertz CT molecular complexity index is 460. The van der Waals surface area contributed by atoms with Crippen LogP contribution in [-0.2, 0) is 10.0 Å². The molecule has 0 amide bonds. The van der Waals surface area contributed by atoms with Gasteiger partial charge in [-0.15, -0.1) is 0 Å². The van der Waals surface area contributed by atoms with Crippen LogP contribution in [0, 0.1) is 6.92 Å². The molecule has 0 saturated heterocycles. The van der Waals surface area contributed by atoms with Crippen molar-refractivity contribution in [2.24, 2.45) is 0 Å². The predicted octanol–water partition coefficient (Wildman–Crippen LogP) is 3.95. The van der Waals surface area contributed by atoms with E-state index in [1.54, 1.807) is 6.07 Å². The molecule has 1 aromatic rings. The number of sulfonamides is 1. The normalized spacial score (nSPS) is 11.4. The minimum absolute atomic E-state index is 0. The van der Waals surface area contributed by atoms with Gasteiger partial charge in [0.25, 0.3) is 0 Å². The summed E-state index contributed by atoms with van der Waals surface area (Å²) in [4.78, 5) is 0. The fraction of sp³-hybridized carbons (Fsp3) is 0.571. The van der Waals surface area contributed by atoms with Crippen molar-refractivity contribution in [1.82, 2.24) is 0 Å². The van der Waals surface area contributed by atoms with Crippen LogP contribution in [0.1, 0.15) is 46.0 Å². The highest BCUT2D eigenvalue weighted by molar-refractivity contribution is 7.92. The van der Waals surface area contributed by atoms with E-state index in [0.29, 0.717) is 5.69 Å². The molecule has 0 spiro atoms. The Morgan fingerprint density at radius 2 is 1.78 bits per heavy atom. The lowest BCUT2D eigenvalue weighted by atomic mass is 10.2. The lowest BCUT2D eigenvalue weighted by molar-refractivity contribution is 0.591. The largest absolute Gasteiger partial charge is 0.283 e. The Balaban J connectivity index is 0.00000324. The Morgan fingerprint density at radius 3 is 2.44 bits per heavy atom. The van der Waals surface area contributed by atoms with Crippen LogP contribution in [0.5, 0.6) is 0 Å². The van der Waals surface area contributed by atoms with E-state index in [4.69, 9.17) is 0 Å². The highest BCUT2D eigenvalue weighted by Gasteiger charge is 2.10. The molecule has 3 nitrogen and oxygen atoms in total. The molecule has 1 rings (SSSR count). The summed E-state index contributed by atoms with van der Waals surface area (Å²) in [7, 11) is -3.19. The quantitative estimate of drug-likeness (QED) is 0.728. The van der Waals surface area contributed by atoms with E-state index in [0.717, 1.165) is 24.8 Å². The highest BCUT2D eigenvalue weighted by Crippen LogP contribution is 2.15. The minimum atomic E-state index is -3.19. The number of hydrogen-bond donors (Lipinski definition) is 1. The van der Waals surface area contributed by atoms with Crippen LogP contribution in [0.2, 0.25) is 0 Å². The van der Waals surface area contributed by atoms with Crippen molar-refractivity contribution in [3.05, 3.63) is 29.8 Å². The van der Waals surface area contributed by atoms with Crippen molar-refractivity contribution in [3.63, 3.8) is 0 Å². The zero-order valence-electron chi connectivity index (χ0n) is 11.3. The Kier molecular flexibility index (Phi) is 6.19. The van der Waals surface area contributed by atoms with Crippen molar-refractivity contribution >= 4 is 15.7 Å². The summed E-state index contributed by atoms with van der Waals surface area (Å²) in [6, 6.07) is 7.44. The number of nitrogens with one attached hydrogen (secondary N) is 1. The fourth-order valence-corrected chi connectivity index (χ4v) is 3.05. The molecule has 1 aromatic carbocycles. The zero-order chi connectivity index (χ0) is 13.4. The molecule has 0 saturated carbocycles. The molecule has 1 N–H and O–H groups in total. The van der Waals surface area contributed by atoms with Gasteiger partial charge in [-0.25, -0.2) is 8.42 Å². The van der Waals surface area contributed by atoms with Gasteiger partial charge in [0.2, 0.25) is 10.0 Å². The van der Waals surface area contributed by atoms with Gasteiger partial charge in [-0.1, -0.05) is 50.8 Å². The summed E-state index contributed by atoms with van der Waals surface area (Å²) >= 11 is 0. The number of rotatable bonds is 8. The van der Waals surface area contributed by atoms with Crippen LogP contribution >= 0.6 is 0 Å². The number of benzene rings is 1. The summed E-state index contributed by atoms with van der Waals surface area (Å²) in [6.07, 6.45) is 5.21. The summed E-state index contributed by atoms with van der Waals surface area (Å²) in [5.74, 6) is 0.213. The molecule has 0 aliphatic rings. The van der Waals surface area contributed by atoms with Crippen LogP contribution in [-0.4, -0.2) is 14.2 Å². The molecule has 0 fully saturated rings.